The van der Waals surface area contributed by atoms with E-state index in [0.717, 1.165) is 12.8 Å². The monoisotopic (exact) mass is 536 g/mol. The summed E-state index contributed by atoms with van der Waals surface area (Å²) >= 11 is 0. The van der Waals surface area contributed by atoms with E-state index in [9.17, 15) is 4.79 Å². The summed E-state index contributed by atoms with van der Waals surface area (Å²) in [7, 11) is 0. The Bertz CT molecular complexity index is 449. The molecule has 0 aliphatic rings. The smallest absolute Gasteiger partial charge is 0.220 e. The van der Waals surface area contributed by atoms with E-state index in [2.05, 4.69) is 13.8 Å². The molecule has 0 aromatic rings. The molecular formula is C36H73NO. The second-order valence-electron chi connectivity index (χ2n) is 12.6. The van der Waals surface area contributed by atoms with Gasteiger partial charge in [-0.05, 0) is 12.8 Å². The van der Waals surface area contributed by atoms with Crippen LogP contribution < -0.4 is 5.73 Å². The maximum atomic E-state index is 11.8. The summed E-state index contributed by atoms with van der Waals surface area (Å²) in [5.41, 5.74) is 5.69. The van der Waals surface area contributed by atoms with Crippen LogP contribution in [-0.2, 0) is 4.79 Å². The molecule has 1 atom stereocenters. The Morgan fingerprint density at radius 2 is 0.553 bits per heavy atom. The van der Waals surface area contributed by atoms with Gasteiger partial charge in [0.1, 0.15) is 0 Å². The first-order valence-corrected chi connectivity index (χ1v) is 18.0. The van der Waals surface area contributed by atoms with Gasteiger partial charge < -0.3 is 5.73 Å². The first-order chi connectivity index (χ1) is 18.7. The Labute approximate surface area is 241 Å². The molecule has 0 aromatic heterocycles. The van der Waals surface area contributed by atoms with Crippen molar-refractivity contribution in [2.24, 2.45) is 11.7 Å². The summed E-state index contributed by atoms with van der Waals surface area (Å²) in [5, 5.41) is 0. The number of hydrogen-bond donors (Lipinski definition) is 1. The van der Waals surface area contributed by atoms with Crippen molar-refractivity contribution in [2.45, 2.75) is 219 Å². The molecule has 0 bridgehead atoms. The molecule has 0 heterocycles. The molecule has 0 aromatic carbocycles. The lowest BCUT2D eigenvalue weighted by Crippen LogP contribution is -2.23. The molecule has 38 heavy (non-hydrogen) atoms. The van der Waals surface area contributed by atoms with E-state index in [-0.39, 0.29) is 11.8 Å². The number of carbonyl (C=O) groups is 1. The Morgan fingerprint density at radius 3 is 0.737 bits per heavy atom. The Hall–Kier alpha value is -0.530. The number of unbranched alkanes of at least 4 members (excludes halogenated alkanes) is 28. The zero-order valence-corrected chi connectivity index (χ0v) is 26.7. The quantitative estimate of drug-likeness (QED) is 0.0834. The molecule has 2 heteroatoms. The number of primary amides is 1. The number of rotatable bonds is 33. The summed E-state index contributed by atoms with van der Waals surface area (Å²) in [6.45, 7) is 4.57. The van der Waals surface area contributed by atoms with Gasteiger partial charge in [-0.15, -0.1) is 0 Å². The number of hydrogen-bond acceptors (Lipinski definition) is 1. The molecule has 0 aliphatic carbocycles. The molecule has 228 valence electrons. The van der Waals surface area contributed by atoms with Crippen molar-refractivity contribution < 1.29 is 4.79 Å². The fraction of sp³-hybridized carbons (Fsp3) is 0.972. The van der Waals surface area contributed by atoms with Crippen molar-refractivity contribution in [1.29, 1.82) is 0 Å². The fourth-order valence-electron chi connectivity index (χ4n) is 5.95. The first kappa shape index (κ1) is 37.5. The van der Waals surface area contributed by atoms with Crippen molar-refractivity contribution in [3.05, 3.63) is 0 Å². The SMILES string of the molecule is CCCCCCCCCCCCCCCCCCCCCCCCC(CCCCCCCCCC)C(N)=O. The molecule has 0 fully saturated rings. The molecule has 2 nitrogen and oxygen atoms in total. The minimum absolute atomic E-state index is 0.0588. The largest absolute Gasteiger partial charge is 0.369 e. The van der Waals surface area contributed by atoms with Crippen LogP contribution in [0.1, 0.15) is 219 Å². The number of nitrogens with two attached hydrogens (primary N) is 1. The van der Waals surface area contributed by atoms with Gasteiger partial charge in [0.25, 0.3) is 0 Å². The molecule has 0 aliphatic heterocycles. The van der Waals surface area contributed by atoms with E-state index in [1.165, 1.54) is 193 Å². The highest BCUT2D eigenvalue weighted by Crippen LogP contribution is 2.20. The molecule has 0 rings (SSSR count). The third-order valence-corrected chi connectivity index (χ3v) is 8.71. The summed E-state index contributed by atoms with van der Waals surface area (Å²) in [6.07, 6.45) is 43.9. The third-order valence-electron chi connectivity index (χ3n) is 8.71. The van der Waals surface area contributed by atoms with E-state index in [1.807, 2.05) is 0 Å². The van der Waals surface area contributed by atoms with Crippen LogP contribution in [0.5, 0.6) is 0 Å². The van der Waals surface area contributed by atoms with Gasteiger partial charge >= 0.3 is 0 Å². The second kappa shape index (κ2) is 32.7. The third kappa shape index (κ3) is 30.0. The fourth-order valence-corrected chi connectivity index (χ4v) is 5.95. The minimum Gasteiger partial charge on any atom is -0.369 e. The Kier molecular flexibility index (Phi) is 32.2. The van der Waals surface area contributed by atoms with Crippen molar-refractivity contribution in [2.75, 3.05) is 0 Å². The van der Waals surface area contributed by atoms with Crippen LogP contribution in [-0.4, -0.2) is 5.91 Å². The average Bonchev–Trinajstić information content (AvgIpc) is 2.91. The summed E-state index contributed by atoms with van der Waals surface area (Å²) in [4.78, 5) is 11.8. The molecular weight excluding hydrogens is 462 g/mol. The van der Waals surface area contributed by atoms with Crippen molar-refractivity contribution >= 4 is 5.91 Å². The van der Waals surface area contributed by atoms with Crippen LogP contribution in [0, 0.1) is 5.92 Å². The normalized spacial score (nSPS) is 12.3. The van der Waals surface area contributed by atoms with Gasteiger partial charge in [-0.2, -0.15) is 0 Å². The molecule has 0 saturated heterocycles. The van der Waals surface area contributed by atoms with Crippen LogP contribution in [0.25, 0.3) is 0 Å². The van der Waals surface area contributed by atoms with Gasteiger partial charge in [-0.25, -0.2) is 0 Å². The van der Waals surface area contributed by atoms with Crippen LogP contribution >= 0.6 is 0 Å². The average molecular weight is 536 g/mol. The predicted octanol–water partition coefficient (Wildman–Crippen LogP) is 12.6. The van der Waals surface area contributed by atoms with Crippen LogP contribution in [0.2, 0.25) is 0 Å². The summed E-state index contributed by atoms with van der Waals surface area (Å²) in [5.74, 6) is 0.0663. The zero-order chi connectivity index (χ0) is 27.8. The van der Waals surface area contributed by atoms with Gasteiger partial charge in [0, 0.05) is 5.92 Å². The van der Waals surface area contributed by atoms with Gasteiger partial charge in [-0.3, -0.25) is 4.79 Å². The minimum atomic E-state index is -0.0588. The van der Waals surface area contributed by atoms with Crippen molar-refractivity contribution in [1.82, 2.24) is 0 Å². The lowest BCUT2D eigenvalue weighted by Gasteiger charge is -2.13. The van der Waals surface area contributed by atoms with Gasteiger partial charge in [0.2, 0.25) is 5.91 Å². The van der Waals surface area contributed by atoms with Crippen LogP contribution in [0.4, 0.5) is 0 Å². The predicted molar refractivity (Wildman–Crippen MR) is 172 cm³/mol. The lowest BCUT2D eigenvalue weighted by molar-refractivity contribution is -0.122. The summed E-state index contributed by atoms with van der Waals surface area (Å²) < 4.78 is 0. The first-order valence-electron chi connectivity index (χ1n) is 18.0. The lowest BCUT2D eigenvalue weighted by atomic mass is 9.93. The van der Waals surface area contributed by atoms with Crippen LogP contribution in [0.3, 0.4) is 0 Å². The standard InChI is InChI=1S/C36H73NO/c1-3-5-7-9-11-13-14-15-16-17-18-19-20-21-22-23-24-25-26-28-30-32-34-35(36(37)38)33-31-29-27-12-10-8-6-4-2/h35H,3-34H2,1-2H3,(H2,37,38). The van der Waals surface area contributed by atoms with E-state index in [1.54, 1.807) is 0 Å². The van der Waals surface area contributed by atoms with Gasteiger partial charge in [-0.1, -0.05) is 206 Å². The van der Waals surface area contributed by atoms with Gasteiger partial charge in [0.15, 0.2) is 0 Å². The Balaban J connectivity index is 3.30. The van der Waals surface area contributed by atoms with Crippen LogP contribution in [0.15, 0.2) is 0 Å². The van der Waals surface area contributed by atoms with E-state index < -0.39 is 0 Å². The highest BCUT2D eigenvalue weighted by Gasteiger charge is 2.14. The Morgan fingerprint density at radius 1 is 0.368 bits per heavy atom. The maximum Gasteiger partial charge on any atom is 0.220 e. The summed E-state index contributed by atoms with van der Waals surface area (Å²) in [6, 6.07) is 0. The van der Waals surface area contributed by atoms with E-state index in [0.29, 0.717) is 0 Å². The van der Waals surface area contributed by atoms with Crippen molar-refractivity contribution in [3.63, 3.8) is 0 Å². The zero-order valence-electron chi connectivity index (χ0n) is 26.7. The molecule has 0 spiro atoms. The molecule has 1 amide bonds. The van der Waals surface area contributed by atoms with Crippen molar-refractivity contribution in [3.8, 4) is 0 Å². The molecule has 2 N–H and O–H groups in total. The van der Waals surface area contributed by atoms with E-state index >= 15 is 0 Å². The topological polar surface area (TPSA) is 43.1 Å². The van der Waals surface area contributed by atoms with E-state index in [4.69, 9.17) is 5.73 Å². The van der Waals surface area contributed by atoms with Gasteiger partial charge in [0.05, 0.1) is 0 Å². The number of amides is 1. The second-order valence-corrected chi connectivity index (χ2v) is 12.6. The molecule has 1 unspecified atom stereocenters. The highest BCUT2D eigenvalue weighted by molar-refractivity contribution is 5.76. The molecule has 0 saturated carbocycles. The molecule has 0 radical (unpaired) electrons. The highest BCUT2D eigenvalue weighted by atomic mass is 16.1. The number of carbonyl (C=O) groups excluding carboxylic acids is 1. The maximum absolute atomic E-state index is 11.8.